The number of hydrogen-bond acceptors (Lipinski definition) is 12. The Morgan fingerprint density at radius 2 is 1.67 bits per heavy atom. The molecule has 0 saturated heterocycles. The second kappa shape index (κ2) is 21.7. The zero-order valence-corrected chi connectivity index (χ0v) is 39.5. The van der Waals surface area contributed by atoms with E-state index >= 15 is 0 Å². The van der Waals surface area contributed by atoms with Crippen LogP contribution >= 0.6 is 0 Å². The van der Waals surface area contributed by atoms with Crippen LogP contribution in [0.25, 0.3) is 10.8 Å². The lowest BCUT2D eigenvalue weighted by atomic mass is 9.55. The number of hydrogen-bond donors (Lipinski definition) is 3. The average molecular weight is 920 g/mol. The first-order valence-corrected chi connectivity index (χ1v) is 23.2. The highest BCUT2D eigenvalue weighted by Gasteiger charge is 2.65. The third kappa shape index (κ3) is 10.7. The molecule has 3 aliphatic rings. The predicted octanol–water partition coefficient (Wildman–Crippen LogP) is 10.2. The molecule has 0 bridgehead atoms. The van der Waals surface area contributed by atoms with E-state index in [0.29, 0.717) is 41.5 Å². The maximum Gasteiger partial charge on any atom is 0.417 e. The number of carbonyl (C=O) groups excluding carboxylic acids is 2. The molecule has 6 atom stereocenters. The van der Waals surface area contributed by atoms with Gasteiger partial charge in [0.15, 0.2) is 0 Å². The number of oxime groups is 1. The molecular weight excluding hydrogens is 855 g/mol. The summed E-state index contributed by atoms with van der Waals surface area (Å²) in [7, 11) is 4.43. The van der Waals surface area contributed by atoms with Crippen molar-refractivity contribution >= 4 is 34.4 Å². The van der Waals surface area contributed by atoms with Crippen LogP contribution in [-0.4, -0.2) is 91.6 Å². The minimum Gasteiger partial charge on any atom is -0.497 e. The molecule has 0 radical (unpaired) electrons. The van der Waals surface area contributed by atoms with Gasteiger partial charge in [0, 0.05) is 37.2 Å². The van der Waals surface area contributed by atoms with Gasteiger partial charge < -0.3 is 43.5 Å². The van der Waals surface area contributed by atoms with Crippen LogP contribution in [0.2, 0.25) is 0 Å². The van der Waals surface area contributed by atoms with E-state index in [4.69, 9.17) is 38.4 Å². The highest BCUT2D eigenvalue weighted by atomic mass is 16.7. The number of benzene rings is 4. The molecule has 67 heavy (non-hydrogen) atoms. The lowest BCUT2D eigenvalue weighted by molar-refractivity contribution is -0.256. The second-order valence-corrected chi connectivity index (χ2v) is 18.3. The van der Waals surface area contributed by atoms with Crippen LogP contribution in [0.4, 0.5) is 15.3 Å². The lowest BCUT2D eigenvalue weighted by Crippen LogP contribution is -2.70. The first kappa shape index (κ1) is 48.8. The average Bonchev–Trinajstić information content (AvgIpc) is 3.32. The van der Waals surface area contributed by atoms with Gasteiger partial charge in [-0.15, -0.1) is 6.58 Å². The van der Waals surface area contributed by atoms with Crippen LogP contribution in [0.5, 0.6) is 23.0 Å². The summed E-state index contributed by atoms with van der Waals surface area (Å²) in [6.07, 6.45) is 7.07. The van der Waals surface area contributed by atoms with Crippen LogP contribution in [-0.2, 0) is 20.9 Å². The summed E-state index contributed by atoms with van der Waals surface area (Å²) in [6.45, 7) is 10.2. The van der Waals surface area contributed by atoms with Gasteiger partial charge in [-0.1, -0.05) is 72.6 Å². The molecule has 1 fully saturated rings. The molecule has 1 heterocycles. The molecule has 4 aromatic rings. The van der Waals surface area contributed by atoms with Gasteiger partial charge >= 0.3 is 12.2 Å². The molecule has 358 valence electrons. The minimum atomic E-state index is -1.53. The number of nitrogens with zero attached hydrogens (tertiary/aromatic N) is 2. The fourth-order valence-electron chi connectivity index (χ4n) is 10.1. The number of allylic oxidation sites excluding steroid dienone is 1. The van der Waals surface area contributed by atoms with E-state index < -0.39 is 35.5 Å². The van der Waals surface area contributed by atoms with Gasteiger partial charge in [0.1, 0.15) is 34.6 Å². The van der Waals surface area contributed by atoms with Crippen molar-refractivity contribution in [1.82, 2.24) is 4.90 Å². The van der Waals surface area contributed by atoms with Crippen LogP contribution < -0.4 is 24.3 Å². The smallest absolute Gasteiger partial charge is 0.417 e. The number of unbranched alkanes of at least 4 members (excludes halogenated alkanes) is 2. The maximum atomic E-state index is 14.5. The summed E-state index contributed by atoms with van der Waals surface area (Å²) < 4.78 is 37.0. The monoisotopic (exact) mass is 919 g/mol. The molecule has 7 rings (SSSR count). The Hall–Kier alpha value is -6.09. The summed E-state index contributed by atoms with van der Waals surface area (Å²) >= 11 is 0. The molecule has 0 spiro atoms. The summed E-state index contributed by atoms with van der Waals surface area (Å²) in [6, 6.07) is 23.6. The summed E-state index contributed by atoms with van der Waals surface area (Å²) in [5.74, 6) is -0.825. The highest BCUT2D eigenvalue weighted by molar-refractivity contribution is 6.03. The number of aliphatic hydroxyl groups is 2. The first-order chi connectivity index (χ1) is 32.4. The molecular formula is C53H65N3O11. The number of ether oxygens (including phenoxy) is 6. The van der Waals surface area contributed by atoms with Gasteiger partial charge in [0.2, 0.25) is 5.79 Å². The molecule has 1 aliphatic heterocycles. The maximum absolute atomic E-state index is 14.5. The lowest BCUT2D eigenvalue weighted by Gasteiger charge is -2.60. The molecule has 3 N–H and O–H groups in total. The van der Waals surface area contributed by atoms with E-state index in [0.717, 1.165) is 53.2 Å². The van der Waals surface area contributed by atoms with Crippen molar-refractivity contribution in [3.63, 3.8) is 0 Å². The second-order valence-electron chi connectivity index (χ2n) is 18.3. The van der Waals surface area contributed by atoms with Crippen molar-refractivity contribution in [2.45, 2.75) is 95.6 Å². The Morgan fingerprint density at radius 1 is 0.925 bits per heavy atom. The van der Waals surface area contributed by atoms with Crippen molar-refractivity contribution in [2.75, 3.05) is 46.5 Å². The number of amides is 2. The highest BCUT2D eigenvalue weighted by Crippen LogP contribution is 2.62. The predicted molar refractivity (Wildman–Crippen MR) is 257 cm³/mol. The molecule has 4 aromatic carbocycles. The molecule has 2 amide bonds. The Kier molecular flexibility index (Phi) is 15.8. The van der Waals surface area contributed by atoms with E-state index in [1.165, 1.54) is 14.2 Å². The van der Waals surface area contributed by atoms with E-state index in [9.17, 15) is 19.8 Å². The molecule has 1 saturated carbocycles. The van der Waals surface area contributed by atoms with Crippen molar-refractivity contribution in [2.24, 2.45) is 22.9 Å². The van der Waals surface area contributed by atoms with Crippen molar-refractivity contribution in [3.05, 3.63) is 114 Å². The minimum absolute atomic E-state index is 0.0104. The standard InChI is InChI=1S/C53H65N3O11/c1-8-28-64-53-47(56(51(60)63-7)33-36-19-15-18-34-16-9-10-20-39(34)36)32-44(55-67-52(2,3)4)41-29-35(17-11-13-26-57)40(21-12-14-27-58)48(49(41)53)42-30-38(23-25-45(42)66-53)65-50(59)54-43-24-22-37(61-5)31-46(43)62-6/h8-10,15-16,18-20,22-25,29-31,35,40,47-49,57-58H,1,11-14,17,21,26-28,32-33H2,2-7H3,(H,54,59)/t35-,40+,47-,48+,49+,53+/m0/s1. The van der Waals surface area contributed by atoms with Crippen molar-refractivity contribution in [3.8, 4) is 23.0 Å². The van der Waals surface area contributed by atoms with Gasteiger partial charge in [-0.25, -0.2) is 9.59 Å². The Bertz CT molecular complexity index is 2440. The van der Waals surface area contributed by atoms with Gasteiger partial charge in [-0.3, -0.25) is 10.2 Å². The Balaban J connectivity index is 1.43. The topological polar surface area (TPSA) is 167 Å². The largest absolute Gasteiger partial charge is 0.497 e. The quantitative estimate of drug-likeness (QED) is 0.0465. The van der Waals surface area contributed by atoms with Gasteiger partial charge in [-0.05, 0) is 111 Å². The third-order valence-corrected chi connectivity index (χ3v) is 12.9. The number of carbonyl (C=O) groups is 2. The van der Waals surface area contributed by atoms with E-state index in [1.54, 1.807) is 48.4 Å². The Labute approximate surface area is 393 Å². The van der Waals surface area contributed by atoms with E-state index in [1.807, 2.05) is 69.3 Å². The number of fused-ring (bicyclic) bond motifs is 3. The van der Waals surface area contributed by atoms with Crippen molar-refractivity contribution in [1.29, 1.82) is 0 Å². The fraction of sp³-hybridized carbons (Fsp3) is 0.453. The van der Waals surface area contributed by atoms with Crippen LogP contribution in [0.3, 0.4) is 0 Å². The summed E-state index contributed by atoms with van der Waals surface area (Å²) in [5, 5.41) is 29.7. The zero-order valence-electron chi connectivity index (χ0n) is 39.5. The third-order valence-electron chi connectivity index (χ3n) is 12.9. The summed E-state index contributed by atoms with van der Waals surface area (Å²) in [5.41, 5.74) is 2.96. The molecule has 0 aromatic heterocycles. The van der Waals surface area contributed by atoms with Crippen molar-refractivity contribution < 1.29 is 53.1 Å². The molecule has 14 heteroatoms. The fourth-order valence-corrected chi connectivity index (χ4v) is 10.1. The van der Waals surface area contributed by atoms with Gasteiger partial charge in [0.05, 0.1) is 51.8 Å². The summed E-state index contributed by atoms with van der Waals surface area (Å²) in [4.78, 5) is 36.1. The Morgan fingerprint density at radius 3 is 2.39 bits per heavy atom. The van der Waals surface area contributed by atoms with Gasteiger partial charge in [0.25, 0.3) is 0 Å². The van der Waals surface area contributed by atoms with Crippen LogP contribution in [0, 0.1) is 17.8 Å². The number of aliphatic hydroxyl groups excluding tert-OH is 2. The normalized spacial score (nSPS) is 22.4. The van der Waals surface area contributed by atoms with E-state index in [-0.39, 0.29) is 56.3 Å². The van der Waals surface area contributed by atoms with E-state index in [2.05, 4.69) is 18.0 Å². The molecule has 14 nitrogen and oxygen atoms in total. The number of rotatable bonds is 19. The first-order valence-electron chi connectivity index (χ1n) is 23.2. The van der Waals surface area contributed by atoms with Crippen LogP contribution in [0.1, 0.15) is 82.8 Å². The van der Waals surface area contributed by atoms with Crippen LogP contribution in [0.15, 0.2) is 108 Å². The number of methoxy groups -OCH3 is 3. The number of nitrogens with one attached hydrogen (secondary N) is 1. The molecule has 2 aliphatic carbocycles. The van der Waals surface area contributed by atoms with Gasteiger partial charge in [-0.2, -0.15) is 0 Å². The number of anilines is 1. The SMILES string of the molecule is C=CCO[C@@]12Oc3ccc(OC(=O)Nc4ccc(OC)cc4OC)cc3[C@H]3[C@H](CCCCO)[C@@H](CCCCO)C=C(C(=NOC(C)(C)C)C[C@@H]1N(Cc1cccc4ccccc14)C(=O)OC)[C@H]32. The molecule has 0 unspecified atom stereocenters. The zero-order chi connectivity index (χ0) is 47.7.